The number of morpholine rings is 1. The number of benzene rings is 1. The van der Waals surface area contributed by atoms with Crippen molar-refractivity contribution in [3.8, 4) is 5.75 Å². The van der Waals surface area contributed by atoms with Gasteiger partial charge in [0.25, 0.3) is 0 Å². The third-order valence-corrected chi connectivity index (χ3v) is 7.15. The molecule has 0 aromatic heterocycles. The molecule has 1 aliphatic rings. The molecule has 1 aromatic rings. The van der Waals surface area contributed by atoms with Crippen molar-refractivity contribution < 1.29 is 32.3 Å². The van der Waals surface area contributed by atoms with E-state index in [4.69, 9.17) is 14.3 Å². The zero-order valence-electron chi connectivity index (χ0n) is 20.4. The van der Waals surface area contributed by atoms with Gasteiger partial charge >= 0.3 is 0 Å². The zero-order valence-corrected chi connectivity index (χ0v) is 21.2. The number of methoxy groups -OCH3 is 1. The first kappa shape index (κ1) is 28.0. The van der Waals surface area contributed by atoms with E-state index in [1.165, 1.54) is 19.2 Å². The van der Waals surface area contributed by atoms with Crippen LogP contribution in [0.3, 0.4) is 0 Å². The smallest absolute Gasteiger partial charge is 0.248 e. The first-order valence-electron chi connectivity index (χ1n) is 11.5. The second-order valence-corrected chi connectivity index (χ2v) is 10.6. The van der Waals surface area contributed by atoms with Crippen molar-refractivity contribution in [3.05, 3.63) is 24.3 Å². The molecule has 0 saturated carbocycles. The van der Waals surface area contributed by atoms with Gasteiger partial charge in [-0.2, -0.15) is 0 Å². The molecule has 1 aliphatic heterocycles. The minimum Gasteiger partial charge on any atom is -0.497 e. The molecule has 2 unspecified atom stereocenters. The number of ether oxygens (including phenoxy) is 2. The van der Waals surface area contributed by atoms with E-state index in [0.29, 0.717) is 38.5 Å². The lowest BCUT2D eigenvalue weighted by atomic mass is 9.83. The molecule has 0 bridgehead atoms. The molecule has 1 aromatic carbocycles. The summed E-state index contributed by atoms with van der Waals surface area (Å²) in [6.07, 6.45) is 0.479. The van der Waals surface area contributed by atoms with Crippen molar-refractivity contribution in [3.63, 3.8) is 0 Å². The first-order valence-corrected chi connectivity index (χ1v) is 13.2. The molecule has 34 heavy (non-hydrogen) atoms. The van der Waals surface area contributed by atoms with Crippen LogP contribution in [0.2, 0.25) is 0 Å². The molecule has 10 nitrogen and oxygen atoms in total. The number of amides is 2. The van der Waals surface area contributed by atoms with Gasteiger partial charge in [-0.3, -0.25) is 14.4 Å². The van der Waals surface area contributed by atoms with Crippen molar-refractivity contribution in [2.75, 3.05) is 52.4 Å². The van der Waals surface area contributed by atoms with Gasteiger partial charge in [0.05, 0.1) is 43.7 Å². The van der Waals surface area contributed by atoms with Gasteiger partial charge < -0.3 is 19.7 Å². The third kappa shape index (κ3) is 8.23. The summed E-state index contributed by atoms with van der Waals surface area (Å²) < 4.78 is 36.0. The van der Waals surface area contributed by atoms with Crippen LogP contribution >= 0.6 is 0 Å². The maximum Gasteiger partial charge on any atom is 0.248 e. The van der Waals surface area contributed by atoms with E-state index in [2.05, 4.69) is 10.8 Å². The lowest BCUT2D eigenvalue weighted by Gasteiger charge is -2.34. The summed E-state index contributed by atoms with van der Waals surface area (Å²) in [5.74, 6) is -1.70. The van der Waals surface area contributed by atoms with Gasteiger partial charge in [0.15, 0.2) is 9.84 Å². The Hall–Kier alpha value is -2.21. The highest BCUT2D eigenvalue weighted by Crippen LogP contribution is 2.25. The number of hydrogen-bond acceptors (Lipinski definition) is 8. The van der Waals surface area contributed by atoms with Crippen molar-refractivity contribution >= 4 is 21.7 Å². The van der Waals surface area contributed by atoms with Gasteiger partial charge in [0, 0.05) is 19.6 Å². The molecule has 1 fully saturated rings. The summed E-state index contributed by atoms with van der Waals surface area (Å²) in [6.45, 7) is 7.81. The van der Waals surface area contributed by atoms with Crippen LogP contribution in [0, 0.1) is 17.8 Å². The summed E-state index contributed by atoms with van der Waals surface area (Å²) in [6, 6.07) is 6.09. The summed E-state index contributed by atoms with van der Waals surface area (Å²) >= 11 is 0. The Labute approximate surface area is 202 Å². The number of sulfone groups is 1. The molecule has 192 valence electrons. The summed E-state index contributed by atoms with van der Waals surface area (Å²) in [4.78, 5) is 33.3. The van der Waals surface area contributed by atoms with Crippen molar-refractivity contribution in [1.82, 2.24) is 15.7 Å². The molecule has 0 radical (unpaired) electrons. The number of hydrogen-bond donors (Lipinski definition) is 2. The molecule has 2 N–H and O–H groups in total. The van der Waals surface area contributed by atoms with Crippen LogP contribution < -0.4 is 15.5 Å². The topological polar surface area (TPSA) is 123 Å². The zero-order chi connectivity index (χ0) is 25.1. The first-order chi connectivity index (χ1) is 16.2. The second-order valence-electron chi connectivity index (χ2n) is 8.57. The summed E-state index contributed by atoms with van der Waals surface area (Å²) in [5, 5.41) is 2.89. The average Bonchev–Trinajstić information content (AvgIpc) is 2.84. The van der Waals surface area contributed by atoms with E-state index in [1.807, 2.05) is 13.8 Å². The lowest BCUT2D eigenvalue weighted by Crippen LogP contribution is -2.50. The predicted molar refractivity (Wildman–Crippen MR) is 127 cm³/mol. The van der Waals surface area contributed by atoms with Crippen LogP contribution in [-0.2, 0) is 29.0 Å². The van der Waals surface area contributed by atoms with Crippen LogP contribution in [-0.4, -0.2) is 77.6 Å². The van der Waals surface area contributed by atoms with E-state index in [9.17, 15) is 18.0 Å². The fourth-order valence-electron chi connectivity index (χ4n) is 3.82. The van der Waals surface area contributed by atoms with Crippen LogP contribution in [0.15, 0.2) is 29.2 Å². The Morgan fingerprint density at radius 3 is 2.32 bits per heavy atom. The van der Waals surface area contributed by atoms with Crippen LogP contribution in [0.5, 0.6) is 5.75 Å². The molecular weight excluding hydrogens is 462 g/mol. The number of hydroxylamine groups is 1. The Bertz CT molecular complexity index is 884. The Balaban J connectivity index is 2.17. The van der Waals surface area contributed by atoms with Crippen molar-refractivity contribution in [2.24, 2.45) is 17.8 Å². The molecule has 0 spiro atoms. The minimum atomic E-state index is -3.65. The number of carbonyl (C=O) groups excluding carboxylic acids is 2. The largest absolute Gasteiger partial charge is 0.497 e. The Morgan fingerprint density at radius 1 is 1.12 bits per heavy atom. The standard InChI is InChI=1S/C23H37N3O7S/c1-5-33-25-22(27)21(20(14-17(2)3)23(28)26-10-12-32-13-11-26)15-24-16-34(29,30)19-8-6-18(31-4)7-9-19/h6-9,17,20-21,24H,5,10-16H2,1-4H3,(H,25,27). The highest BCUT2D eigenvalue weighted by molar-refractivity contribution is 7.91. The van der Waals surface area contributed by atoms with E-state index < -0.39 is 27.6 Å². The van der Waals surface area contributed by atoms with Gasteiger partial charge in [0.2, 0.25) is 11.8 Å². The van der Waals surface area contributed by atoms with Gasteiger partial charge in [-0.1, -0.05) is 13.8 Å². The molecule has 2 atom stereocenters. The molecule has 1 heterocycles. The Kier molecular flexibility index (Phi) is 11.2. The number of nitrogens with one attached hydrogen (secondary N) is 2. The number of carbonyl (C=O) groups is 2. The molecule has 2 amide bonds. The fourth-order valence-corrected chi connectivity index (χ4v) is 4.92. The number of rotatable bonds is 13. The van der Waals surface area contributed by atoms with E-state index in [-0.39, 0.29) is 35.7 Å². The highest BCUT2D eigenvalue weighted by atomic mass is 32.2. The van der Waals surface area contributed by atoms with Crippen LogP contribution in [0.1, 0.15) is 27.2 Å². The molecule has 1 saturated heterocycles. The predicted octanol–water partition coefficient (Wildman–Crippen LogP) is 1.22. The van der Waals surface area contributed by atoms with Crippen molar-refractivity contribution in [2.45, 2.75) is 32.1 Å². The normalized spacial score (nSPS) is 16.2. The van der Waals surface area contributed by atoms with Gasteiger partial charge in [-0.05, 0) is 43.5 Å². The van der Waals surface area contributed by atoms with E-state index >= 15 is 0 Å². The van der Waals surface area contributed by atoms with E-state index in [1.54, 1.807) is 24.0 Å². The quantitative estimate of drug-likeness (QED) is 0.389. The maximum atomic E-state index is 13.4. The van der Waals surface area contributed by atoms with Gasteiger partial charge in [0.1, 0.15) is 11.6 Å². The minimum absolute atomic E-state index is 0.00175. The summed E-state index contributed by atoms with van der Waals surface area (Å²) in [5.41, 5.74) is 2.40. The fraction of sp³-hybridized carbons (Fsp3) is 0.652. The van der Waals surface area contributed by atoms with Gasteiger partial charge in [-0.15, -0.1) is 0 Å². The molecule has 11 heteroatoms. The van der Waals surface area contributed by atoms with E-state index in [0.717, 1.165) is 0 Å². The number of nitrogens with zero attached hydrogens (tertiary/aromatic N) is 1. The Morgan fingerprint density at radius 2 is 1.76 bits per heavy atom. The van der Waals surface area contributed by atoms with Crippen molar-refractivity contribution in [1.29, 1.82) is 0 Å². The third-order valence-electron chi connectivity index (χ3n) is 5.58. The second kappa shape index (κ2) is 13.6. The molecule has 0 aliphatic carbocycles. The maximum absolute atomic E-state index is 13.4. The summed E-state index contributed by atoms with van der Waals surface area (Å²) in [7, 11) is -2.15. The lowest BCUT2D eigenvalue weighted by molar-refractivity contribution is -0.150. The van der Waals surface area contributed by atoms with Crippen LogP contribution in [0.4, 0.5) is 0 Å². The SMILES string of the molecule is CCONC(=O)C(CNCS(=O)(=O)c1ccc(OC)cc1)C(CC(C)C)C(=O)N1CCOCC1. The molecular formula is C23H37N3O7S. The average molecular weight is 500 g/mol. The monoisotopic (exact) mass is 499 g/mol. The highest BCUT2D eigenvalue weighted by Gasteiger charge is 2.37. The molecule has 2 rings (SSSR count). The van der Waals surface area contributed by atoms with Crippen LogP contribution in [0.25, 0.3) is 0 Å². The van der Waals surface area contributed by atoms with Gasteiger partial charge in [-0.25, -0.2) is 13.9 Å².